The van der Waals surface area contributed by atoms with Crippen molar-refractivity contribution in [3.63, 3.8) is 0 Å². The second-order valence-corrected chi connectivity index (χ2v) is 9.63. The van der Waals surface area contributed by atoms with Crippen molar-refractivity contribution in [2.45, 2.75) is 32.1 Å². The van der Waals surface area contributed by atoms with E-state index in [2.05, 4.69) is 10.3 Å². The third-order valence-electron chi connectivity index (χ3n) is 5.28. The van der Waals surface area contributed by atoms with E-state index in [1.807, 2.05) is 56.3 Å². The molecule has 0 saturated carbocycles. The third kappa shape index (κ3) is 5.26. The molecule has 3 aromatic heterocycles. The lowest BCUT2D eigenvalue weighted by Crippen LogP contribution is -2.27. The van der Waals surface area contributed by atoms with Crippen molar-refractivity contribution in [1.82, 2.24) is 19.9 Å². The number of nitrogens with one attached hydrogen (secondary N) is 1. The number of fused-ring (bicyclic) bond motifs is 1. The van der Waals surface area contributed by atoms with Crippen LogP contribution < -0.4 is 15.6 Å². The van der Waals surface area contributed by atoms with Crippen molar-refractivity contribution in [3.05, 3.63) is 80.7 Å². The number of aryl methyl sites for hydroxylation is 2. The first-order valence-electron chi connectivity index (χ1n) is 10.4. The molecule has 9 heteroatoms. The number of carbonyl (C=O) groups excluding carboxylic acids is 1. The molecule has 0 aliphatic rings. The summed E-state index contributed by atoms with van der Waals surface area (Å²) in [4.78, 5) is 36.7. The molecular formula is C24H24N4O3S2. The summed E-state index contributed by atoms with van der Waals surface area (Å²) in [7, 11) is 1.62. The van der Waals surface area contributed by atoms with Gasteiger partial charge < -0.3 is 10.1 Å². The van der Waals surface area contributed by atoms with Gasteiger partial charge in [0.2, 0.25) is 5.91 Å². The quantitative estimate of drug-likeness (QED) is 0.304. The molecule has 0 unspecified atom stereocenters. The Morgan fingerprint density at radius 1 is 1.18 bits per heavy atom. The highest BCUT2D eigenvalue weighted by Gasteiger charge is 2.18. The third-order valence-corrected chi connectivity index (χ3v) is 7.36. The molecule has 1 amide bonds. The molecule has 0 aliphatic heterocycles. The Bertz CT molecular complexity index is 1330. The van der Waals surface area contributed by atoms with Gasteiger partial charge in [0, 0.05) is 17.6 Å². The summed E-state index contributed by atoms with van der Waals surface area (Å²) in [6, 6.07) is 13.1. The minimum atomic E-state index is -0.131. The Hall–Kier alpha value is -3.17. The van der Waals surface area contributed by atoms with Gasteiger partial charge in [-0.3, -0.25) is 19.1 Å². The number of carbonyl (C=O) groups is 1. The molecule has 1 N–H and O–H groups in total. The van der Waals surface area contributed by atoms with E-state index in [0.717, 1.165) is 27.4 Å². The van der Waals surface area contributed by atoms with E-state index >= 15 is 0 Å². The molecule has 3 heterocycles. The first-order valence-corrected chi connectivity index (χ1v) is 12.2. The lowest BCUT2D eigenvalue weighted by molar-refractivity contribution is -0.118. The van der Waals surface area contributed by atoms with Crippen molar-refractivity contribution in [2.75, 3.05) is 12.9 Å². The van der Waals surface area contributed by atoms with Crippen LogP contribution in [0.5, 0.6) is 5.75 Å². The molecule has 1 aromatic carbocycles. The number of amides is 1. The second kappa shape index (κ2) is 10.2. The molecule has 0 atom stereocenters. The zero-order valence-electron chi connectivity index (χ0n) is 18.6. The van der Waals surface area contributed by atoms with Crippen LogP contribution in [0.4, 0.5) is 0 Å². The summed E-state index contributed by atoms with van der Waals surface area (Å²) >= 11 is 2.76. The average molecular weight is 481 g/mol. The van der Waals surface area contributed by atoms with E-state index in [1.54, 1.807) is 17.9 Å². The van der Waals surface area contributed by atoms with E-state index in [-0.39, 0.29) is 17.2 Å². The van der Waals surface area contributed by atoms with Crippen molar-refractivity contribution in [2.24, 2.45) is 0 Å². The normalized spacial score (nSPS) is 11.0. The van der Waals surface area contributed by atoms with Crippen molar-refractivity contribution in [3.8, 4) is 5.75 Å². The summed E-state index contributed by atoms with van der Waals surface area (Å²) in [6.07, 6.45) is 1.70. The number of hydrogen-bond donors (Lipinski definition) is 1. The van der Waals surface area contributed by atoms with E-state index in [9.17, 15) is 9.59 Å². The maximum absolute atomic E-state index is 13.4. The number of thiophene rings is 1. The SMILES string of the molecule is COc1ccc(CNC(=O)CSc2nc3sc(C)c(C)c3c(=O)n2Cc2ccccn2)cc1. The van der Waals surface area contributed by atoms with Crippen LogP contribution in [-0.4, -0.2) is 33.3 Å². The van der Waals surface area contributed by atoms with Gasteiger partial charge in [0.15, 0.2) is 5.16 Å². The van der Waals surface area contributed by atoms with Crippen molar-refractivity contribution in [1.29, 1.82) is 0 Å². The number of thioether (sulfide) groups is 1. The number of rotatable bonds is 8. The molecule has 0 spiro atoms. The highest BCUT2D eigenvalue weighted by molar-refractivity contribution is 7.99. The topological polar surface area (TPSA) is 86.1 Å². The Kier molecular flexibility index (Phi) is 7.10. The summed E-state index contributed by atoms with van der Waals surface area (Å²) in [5, 5.41) is 4.07. The Morgan fingerprint density at radius 2 is 1.97 bits per heavy atom. The summed E-state index contributed by atoms with van der Waals surface area (Å²) < 4.78 is 6.77. The molecule has 4 aromatic rings. The number of methoxy groups -OCH3 is 1. The number of hydrogen-bond acceptors (Lipinski definition) is 7. The number of pyridine rings is 1. The molecule has 0 radical (unpaired) electrons. The number of aromatic nitrogens is 3. The first kappa shape index (κ1) is 23.0. The van der Waals surface area contributed by atoms with Gasteiger partial charge in [-0.15, -0.1) is 11.3 Å². The summed E-state index contributed by atoms with van der Waals surface area (Å²) in [5.74, 6) is 0.791. The van der Waals surface area contributed by atoms with E-state index in [0.29, 0.717) is 28.5 Å². The van der Waals surface area contributed by atoms with Gasteiger partial charge in [-0.25, -0.2) is 4.98 Å². The largest absolute Gasteiger partial charge is 0.497 e. The number of ether oxygens (including phenoxy) is 1. The van der Waals surface area contributed by atoms with E-state index in [1.165, 1.54) is 23.1 Å². The zero-order chi connectivity index (χ0) is 23.4. The van der Waals surface area contributed by atoms with Crippen molar-refractivity contribution < 1.29 is 9.53 Å². The monoisotopic (exact) mass is 480 g/mol. The molecule has 33 heavy (non-hydrogen) atoms. The van der Waals surface area contributed by atoms with Gasteiger partial charge in [-0.2, -0.15) is 0 Å². The van der Waals surface area contributed by atoms with Crippen LogP contribution in [0.3, 0.4) is 0 Å². The van der Waals surface area contributed by atoms with Gasteiger partial charge >= 0.3 is 0 Å². The molecule has 0 fully saturated rings. The molecule has 170 valence electrons. The van der Waals surface area contributed by atoms with Crippen molar-refractivity contribution >= 4 is 39.2 Å². The predicted molar refractivity (Wildman–Crippen MR) is 132 cm³/mol. The summed E-state index contributed by atoms with van der Waals surface area (Å²) in [5.41, 5.74) is 2.59. The smallest absolute Gasteiger partial charge is 0.263 e. The number of nitrogens with zero attached hydrogens (tertiary/aromatic N) is 3. The Balaban J connectivity index is 1.53. The van der Waals surface area contributed by atoms with Crippen LogP contribution in [0.2, 0.25) is 0 Å². The van der Waals surface area contributed by atoms with Gasteiger partial charge in [-0.05, 0) is 49.2 Å². The highest BCUT2D eigenvalue weighted by atomic mass is 32.2. The van der Waals surface area contributed by atoms with Gasteiger partial charge in [0.1, 0.15) is 10.6 Å². The fourth-order valence-electron chi connectivity index (χ4n) is 3.34. The first-order chi connectivity index (χ1) is 16.0. The molecule has 0 bridgehead atoms. The van der Waals surface area contributed by atoms with Crippen LogP contribution in [-0.2, 0) is 17.9 Å². The maximum atomic E-state index is 13.4. The molecular weight excluding hydrogens is 456 g/mol. The molecule has 0 aliphatic carbocycles. The van der Waals surface area contributed by atoms with Crippen LogP contribution in [0.1, 0.15) is 21.7 Å². The van der Waals surface area contributed by atoms with Crippen LogP contribution in [0, 0.1) is 13.8 Å². The Labute approximate surface area is 199 Å². The highest BCUT2D eigenvalue weighted by Crippen LogP contribution is 2.28. The number of benzene rings is 1. The standard InChI is InChI=1S/C24H24N4O3S2/c1-15-16(2)33-22-21(15)23(30)28(13-18-6-4-5-11-25-18)24(27-22)32-14-20(29)26-12-17-7-9-19(31-3)10-8-17/h4-11H,12-14H2,1-3H3,(H,26,29). The second-order valence-electron chi connectivity index (χ2n) is 7.48. The fraction of sp³-hybridized carbons (Fsp3) is 0.250. The van der Waals surface area contributed by atoms with Crippen LogP contribution in [0.25, 0.3) is 10.2 Å². The van der Waals surface area contributed by atoms with E-state index < -0.39 is 0 Å². The fourth-order valence-corrected chi connectivity index (χ4v) is 5.24. The maximum Gasteiger partial charge on any atom is 0.263 e. The summed E-state index contributed by atoms with van der Waals surface area (Å²) in [6.45, 7) is 4.65. The van der Waals surface area contributed by atoms with Gasteiger partial charge in [0.25, 0.3) is 5.56 Å². The minimum Gasteiger partial charge on any atom is -0.497 e. The van der Waals surface area contributed by atoms with Crippen LogP contribution >= 0.6 is 23.1 Å². The van der Waals surface area contributed by atoms with Crippen LogP contribution in [0.15, 0.2) is 58.6 Å². The lowest BCUT2D eigenvalue weighted by atomic mass is 10.2. The van der Waals surface area contributed by atoms with Gasteiger partial charge in [-0.1, -0.05) is 30.0 Å². The molecule has 0 saturated heterocycles. The lowest BCUT2D eigenvalue weighted by Gasteiger charge is -2.12. The predicted octanol–water partition coefficient (Wildman–Crippen LogP) is 3.94. The average Bonchev–Trinajstić information content (AvgIpc) is 3.12. The van der Waals surface area contributed by atoms with E-state index in [4.69, 9.17) is 9.72 Å². The molecule has 4 rings (SSSR count). The Morgan fingerprint density at radius 3 is 2.67 bits per heavy atom. The zero-order valence-corrected chi connectivity index (χ0v) is 20.3. The van der Waals surface area contributed by atoms with Gasteiger partial charge in [0.05, 0.1) is 30.5 Å². The minimum absolute atomic E-state index is 0.103. The molecule has 7 nitrogen and oxygen atoms in total.